The Morgan fingerprint density at radius 1 is 0.456 bits per heavy atom. The monoisotopic (exact) mass is 772 g/mol. The second-order valence-electron chi connectivity index (χ2n) is 11.9. The molecule has 6 heterocycles. The third-order valence-electron chi connectivity index (χ3n) is 8.31. The number of nitrogens with zero attached hydrogens (tertiary/aromatic N) is 9. The van der Waals surface area contributed by atoms with Gasteiger partial charge in [0.15, 0.2) is 17.5 Å². The fourth-order valence-electron chi connectivity index (χ4n) is 5.63. The molecule has 0 saturated heterocycles. The van der Waals surface area contributed by atoms with E-state index in [1.54, 1.807) is 50.5 Å². The van der Waals surface area contributed by atoms with E-state index in [1.165, 1.54) is 55.4 Å². The van der Waals surface area contributed by atoms with Gasteiger partial charge in [-0.05, 0) is 72.8 Å². The van der Waals surface area contributed by atoms with Crippen molar-refractivity contribution in [3.63, 3.8) is 0 Å². The van der Waals surface area contributed by atoms with E-state index >= 15 is 0 Å². The van der Waals surface area contributed by atoms with Crippen molar-refractivity contribution in [2.45, 2.75) is 0 Å². The van der Waals surface area contributed by atoms with Crippen molar-refractivity contribution in [3.05, 3.63) is 146 Å². The number of hydrogen-bond donors (Lipinski definition) is 3. The standard InChI is InChI=1S/2C14H11FN4.C13H9FN4.Na.H/c2*1-16-14-13-12(17-8-18-14)6-5-11(19-13)9-3-2-4-10(15)7-9;14-9-3-1-2-8(6-9)10-4-5-11-12(18-10)13(15)17-7-16-11;;/h2*2-8H,1H3,(H,16,17,18);1-7H,(H2,15,16,17);;/q;;;+1;-1. The van der Waals surface area contributed by atoms with Crippen LogP contribution in [0.4, 0.5) is 30.6 Å². The van der Waals surface area contributed by atoms with Gasteiger partial charge in [-0.1, -0.05) is 36.4 Å². The van der Waals surface area contributed by atoms with Crippen LogP contribution in [0.15, 0.2) is 128 Å². The Hall–Kier alpha value is -6.68. The Bertz CT molecular complexity index is 2710. The number of nitrogens with one attached hydrogen (secondary N) is 2. The van der Waals surface area contributed by atoms with Gasteiger partial charge >= 0.3 is 29.6 Å². The Kier molecular flexibility index (Phi) is 12.8. The summed E-state index contributed by atoms with van der Waals surface area (Å²) in [6.07, 6.45) is 4.36. The fraction of sp³-hybridized carbons (Fsp3) is 0.0488. The molecule has 0 spiro atoms. The van der Waals surface area contributed by atoms with Gasteiger partial charge < -0.3 is 17.8 Å². The first-order valence-electron chi connectivity index (χ1n) is 17.0. The number of nitrogen functional groups attached to an aromatic ring is 1. The largest absolute Gasteiger partial charge is 1.00 e. The van der Waals surface area contributed by atoms with Crippen LogP contribution in [0.1, 0.15) is 1.43 Å². The van der Waals surface area contributed by atoms with Gasteiger partial charge in [-0.3, -0.25) is 0 Å². The molecule has 0 radical (unpaired) electrons. The first-order valence-corrected chi connectivity index (χ1v) is 17.0. The minimum Gasteiger partial charge on any atom is -1.00 e. The number of anilines is 3. The van der Waals surface area contributed by atoms with Gasteiger partial charge in [-0.25, -0.2) is 58.0 Å². The predicted molar refractivity (Wildman–Crippen MR) is 213 cm³/mol. The molecule has 0 unspecified atom stereocenters. The zero-order valence-electron chi connectivity index (χ0n) is 31.9. The smallest absolute Gasteiger partial charge is 1.00 e. The third-order valence-corrected chi connectivity index (χ3v) is 8.31. The van der Waals surface area contributed by atoms with Gasteiger partial charge in [-0.15, -0.1) is 0 Å². The van der Waals surface area contributed by atoms with Crippen molar-refractivity contribution in [1.82, 2.24) is 44.9 Å². The summed E-state index contributed by atoms with van der Waals surface area (Å²) in [6.45, 7) is 0. The van der Waals surface area contributed by atoms with Crippen molar-refractivity contribution in [2.24, 2.45) is 0 Å². The molecular formula is C41H32F3N12Na. The third kappa shape index (κ3) is 9.41. The number of aromatic nitrogens is 9. The Morgan fingerprint density at radius 3 is 1.18 bits per heavy atom. The summed E-state index contributed by atoms with van der Waals surface area (Å²) in [7, 11) is 3.55. The summed E-state index contributed by atoms with van der Waals surface area (Å²) in [5, 5.41) is 5.94. The minimum atomic E-state index is -0.299. The van der Waals surface area contributed by atoms with Crippen LogP contribution in [-0.4, -0.2) is 59.0 Å². The molecule has 9 aromatic rings. The molecule has 0 saturated carbocycles. The minimum absolute atomic E-state index is 0. The molecule has 16 heteroatoms. The van der Waals surface area contributed by atoms with Crippen LogP contribution in [0.5, 0.6) is 0 Å². The van der Waals surface area contributed by atoms with Crippen molar-refractivity contribution in [2.75, 3.05) is 30.5 Å². The Labute approximate surface area is 347 Å². The summed E-state index contributed by atoms with van der Waals surface area (Å²) in [4.78, 5) is 37.9. The molecule has 4 N–H and O–H groups in total. The molecule has 57 heavy (non-hydrogen) atoms. The first-order chi connectivity index (χ1) is 27.3. The van der Waals surface area contributed by atoms with E-state index in [2.05, 4.69) is 55.5 Å². The van der Waals surface area contributed by atoms with Gasteiger partial charge in [0.25, 0.3) is 0 Å². The molecule has 3 aromatic carbocycles. The van der Waals surface area contributed by atoms with Crippen molar-refractivity contribution >= 4 is 50.6 Å². The molecule has 0 bridgehead atoms. The summed E-state index contributed by atoms with van der Waals surface area (Å²) < 4.78 is 39.7. The van der Waals surface area contributed by atoms with Crippen LogP contribution < -0.4 is 45.9 Å². The SMILES string of the molecule is CNc1ncnc2ccc(-c3cccc(F)c3)nc12.CNc1ncnc2ccc(-c3cccc(F)c3)nc12.Nc1ncnc2ccc(-c3cccc(F)c3)nc12.[H-].[Na+]. The molecule has 0 aliphatic rings. The molecule has 278 valence electrons. The number of halogens is 3. The van der Waals surface area contributed by atoms with Crippen molar-refractivity contribution in [1.29, 1.82) is 0 Å². The van der Waals surface area contributed by atoms with Crippen LogP contribution in [0.25, 0.3) is 66.9 Å². The summed E-state index contributed by atoms with van der Waals surface area (Å²) in [5.41, 5.74) is 14.0. The van der Waals surface area contributed by atoms with E-state index in [1.807, 2.05) is 36.4 Å². The van der Waals surface area contributed by atoms with E-state index in [0.717, 1.165) is 22.2 Å². The maximum atomic E-state index is 13.2. The van der Waals surface area contributed by atoms with E-state index in [9.17, 15) is 13.2 Å². The van der Waals surface area contributed by atoms with Gasteiger partial charge in [-0.2, -0.15) is 0 Å². The zero-order chi connectivity index (χ0) is 39.0. The van der Waals surface area contributed by atoms with Crippen LogP contribution in [0, 0.1) is 17.5 Å². The number of pyridine rings is 3. The number of nitrogens with two attached hydrogens (primary N) is 1. The average Bonchev–Trinajstić information content (AvgIpc) is 3.23. The summed E-state index contributed by atoms with van der Waals surface area (Å²) in [5.74, 6) is 0.770. The molecular weight excluding hydrogens is 741 g/mol. The Balaban J connectivity index is 0.000000163. The van der Waals surface area contributed by atoms with E-state index in [4.69, 9.17) is 5.73 Å². The van der Waals surface area contributed by atoms with Gasteiger partial charge in [0, 0.05) is 30.8 Å². The molecule has 0 amide bonds. The van der Waals surface area contributed by atoms with Gasteiger partial charge in [0.05, 0.1) is 33.6 Å². The van der Waals surface area contributed by atoms with E-state index in [-0.39, 0.29) is 48.4 Å². The predicted octanol–water partition coefficient (Wildman–Crippen LogP) is 5.27. The molecule has 0 aliphatic heterocycles. The molecule has 0 atom stereocenters. The van der Waals surface area contributed by atoms with Crippen LogP contribution in [0.2, 0.25) is 0 Å². The number of fused-ring (bicyclic) bond motifs is 3. The quantitative estimate of drug-likeness (QED) is 0.194. The van der Waals surface area contributed by atoms with E-state index < -0.39 is 0 Å². The van der Waals surface area contributed by atoms with Gasteiger partial charge in [0.2, 0.25) is 0 Å². The number of rotatable bonds is 5. The molecule has 0 aliphatic carbocycles. The van der Waals surface area contributed by atoms with Crippen LogP contribution in [0.3, 0.4) is 0 Å². The van der Waals surface area contributed by atoms with E-state index in [0.29, 0.717) is 62.2 Å². The Morgan fingerprint density at radius 2 is 0.807 bits per heavy atom. The topological polar surface area (TPSA) is 166 Å². The zero-order valence-corrected chi connectivity index (χ0v) is 32.9. The van der Waals surface area contributed by atoms with Crippen LogP contribution >= 0.6 is 0 Å². The molecule has 9 rings (SSSR count). The van der Waals surface area contributed by atoms with Crippen molar-refractivity contribution in [3.8, 4) is 33.8 Å². The van der Waals surface area contributed by atoms with Gasteiger partial charge in [0.1, 0.15) is 53.0 Å². The summed E-state index contributed by atoms with van der Waals surface area (Å²) >= 11 is 0. The maximum absolute atomic E-state index is 13.2. The van der Waals surface area contributed by atoms with Crippen LogP contribution in [-0.2, 0) is 0 Å². The second kappa shape index (κ2) is 18.3. The van der Waals surface area contributed by atoms with Crippen molar-refractivity contribution < 1.29 is 44.2 Å². The molecule has 0 fully saturated rings. The fourth-order valence-corrected chi connectivity index (χ4v) is 5.63. The number of benzene rings is 3. The normalized spacial score (nSPS) is 10.5. The summed E-state index contributed by atoms with van der Waals surface area (Å²) in [6, 6.07) is 29.9. The average molecular weight is 773 g/mol. The second-order valence-corrected chi connectivity index (χ2v) is 11.9. The number of hydrogen-bond acceptors (Lipinski definition) is 12. The molecule has 12 nitrogen and oxygen atoms in total. The molecule has 6 aromatic heterocycles. The first kappa shape index (κ1) is 40.0. The maximum Gasteiger partial charge on any atom is 1.00 e.